The highest BCUT2D eigenvalue weighted by Crippen LogP contribution is 2.23. The normalized spacial score (nSPS) is 11.2. The number of carbonyl (C=O) groups excluding carboxylic acids is 1. The van der Waals surface area contributed by atoms with Gasteiger partial charge in [-0.25, -0.2) is 0 Å². The van der Waals surface area contributed by atoms with Crippen molar-refractivity contribution in [1.29, 1.82) is 0 Å². The van der Waals surface area contributed by atoms with Gasteiger partial charge in [-0.2, -0.15) is 0 Å². The Morgan fingerprint density at radius 1 is 1.32 bits per heavy atom. The van der Waals surface area contributed by atoms with Crippen molar-refractivity contribution in [3.05, 3.63) is 23.8 Å². The molecule has 108 valence electrons. The van der Waals surface area contributed by atoms with Crippen LogP contribution in [0.25, 0.3) is 0 Å². The largest absolute Gasteiger partial charge is 0.497 e. The third-order valence-corrected chi connectivity index (χ3v) is 2.71. The number of rotatable bonds is 6. The molecule has 0 heterocycles. The molecule has 0 bridgehead atoms. The van der Waals surface area contributed by atoms with Gasteiger partial charge in [0, 0.05) is 12.6 Å². The Kier molecular flexibility index (Phi) is 7.95. The van der Waals surface area contributed by atoms with E-state index in [-0.39, 0.29) is 24.4 Å². The molecule has 1 aromatic rings. The first-order valence-corrected chi connectivity index (χ1v) is 5.79. The zero-order valence-electron chi connectivity index (χ0n) is 11.6. The molecule has 5 nitrogen and oxygen atoms in total. The number of methoxy groups -OCH3 is 2. The molecular weight excluding hydrogens is 268 g/mol. The molecule has 0 radical (unpaired) electrons. The standard InChI is InChI=1S/C13H20N2O3.ClH/c1-9(14-2)8-15-13(16)11-7-10(17-3)5-6-12(11)18-4;/h5-7,9,14H,8H2,1-4H3,(H,15,16);1H. The molecule has 1 rings (SSSR count). The zero-order chi connectivity index (χ0) is 13.5. The Morgan fingerprint density at radius 3 is 2.53 bits per heavy atom. The molecule has 2 N–H and O–H groups in total. The van der Waals surface area contributed by atoms with E-state index in [2.05, 4.69) is 10.6 Å². The van der Waals surface area contributed by atoms with Gasteiger partial charge in [-0.05, 0) is 32.2 Å². The van der Waals surface area contributed by atoms with E-state index < -0.39 is 0 Å². The summed E-state index contributed by atoms with van der Waals surface area (Å²) in [5.74, 6) is 0.987. The van der Waals surface area contributed by atoms with Gasteiger partial charge in [-0.1, -0.05) is 0 Å². The molecule has 0 aliphatic carbocycles. The minimum atomic E-state index is -0.173. The van der Waals surface area contributed by atoms with Gasteiger partial charge in [0.25, 0.3) is 5.91 Å². The van der Waals surface area contributed by atoms with Crippen LogP contribution >= 0.6 is 12.4 Å². The lowest BCUT2D eigenvalue weighted by Gasteiger charge is -2.13. The molecule has 1 unspecified atom stereocenters. The second kappa shape index (κ2) is 8.61. The number of nitrogens with one attached hydrogen (secondary N) is 2. The minimum Gasteiger partial charge on any atom is -0.497 e. The summed E-state index contributed by atoms with van der Waals surface area (Å²) in [6, 6.07) is 5.35. The van der Waals surface area contributed by atoms with Crippen LogP contribution in [0.2, 0.25) is 0 Å². The summed E-state index contributed by atoms with van der Waals surface area (Å²) in [5, 5.41) is 5.89. The third-order valence-electron chi connectivity index (χ3n) is 2.71. The SMILES string of the molecule is CNC(C)CNC(=O)c1cc(OC)ccc1OC.Cl. The topological polar surface area (TPSA) is 59.6 Å². The molecular formula is C13H21ClN2O3. The monoisotopic (exact) mass is 288 g/mol. The van der Waals surface area contributed by atoms with Crippen molar-refractivity contribution in [3.8, 4) is 11.5 Å². The number of halogens is 1. The summed E-state index contributed by atoms with van der Waals surface area (Å²) in [6.07, 6.45) is 0. The van der Waals surface area contributed by atoms with Gasteiger partial charge in [0.05, 0.1) is 19.8 Å². The van der Waals surface area contributed by atoms with Gasteiger partial charge in [-0.15, -0.1) is 12.4 Å². The minimum absolute atomic E-state index is 0. The van der Waals surface area contributed by atoms with Gasteiger partial charge in [0.1, 0.15) is 11.5 Å². The average Bonchev–Trinajstić information content (AvgIpc) is 2.43. The summed E-state index contributed by atoms with van der Waals surface area (Å²) in [5.41, 5.74) is 0.472. The zero-order valence-corrected chi connectivity index (χ0v) is 12.5. The smallest absolute Gasteiger partial charge is 0.255 e. The Labute approximate surface area is 120 Å². The van der Waals surface area contributed by atoms with Crippen molar-refractivity contribution in [1.82, 2.24) is 10.6 Å². The molecule has 1 atom stereocenters. The highest BCUT2D eigenvalue weighted by Gasteiger charge is 2.13. The van der Waals surface area contributed by atoms with Gasteiger partial charge in [-0.3, -0.25) is 4.79 Å². The molecule has 6 heteroatoms. The predicted molar refractivity (Wildman–Crippen MR) is 77.6 cm³/mol. The predicted octanol–water partition coefficient (Wildman–Crippen LogP) is 1.46. The third kappa shape index (κ3) is 4.96. The van der Waals surface area contributed by atoms with Crippen LogP contribution in [0.1, 0.15) is 17.3 Å². The Balaban J connectivity index is 0.00000324. The average molecular weight is 289 g/mol. The van der Waals surface area contributed by atoms with Crippen LogP contribution in [0.15, 0.2) is 18.2 Å². The maximum absolute atomic E-state index is 12.0. The van der Waals surface area contributed by atoms with Gasteiger partial charge in [0.15, 0.2) is 0 Å². The van der Waals surface area contributed by atoms with Crippen LogP contribution in [0.4, 0.5) is 0 Å². The van der Waals surface area contributed by atoms with Gasteiger partial charge >= 0.3 is 0 Å². The number of likely N-dealkylation sites (N-methyl/N-ethyl adjacent to an activating group) is 1. The molecule has 0 saturated heterocycles. The van der Waals surface area contributed by atoms with Crippen LogP contribution in [0, 0.1) is 0 Å². The van der Waals surface area contributed by atoms with Crippen LogP contribution in [-0.4, -0.2) is 39.8 Å². The first-order chi connectivity index (χ1) is 8.62. The Bertz CT molecular complexity index is 413. The van der Waals surface area contributed by atoms with Crippen molar-refractivity contribution in [2.24, 2.45) is 0 Å². The fraction of sp³-hybridized carbons (Fsp3) is 0.462. The highest BCUT2D eigenvalue weighted by molar-refractivity contribution is 5.97. The van der Waals surface area contributed by atoms with Crippen molar-refractivity contribution < 1.29 is 14.3 Å². The number of ether oxygens (including phenoxy) is 2. The summed E-state index contributed by atoms with van der Waals surface area (Å²) >= 11 is 0. The van der Waals surface area contributed by atoms with E-state index in [9.17, 15) is 4.79 Å². The summed E-state index contributed by atoms with van der Waals surface area (Å²) in [4.78, 5) is 12.0. The summed E-state index contributed by atoms with van der Waals surface area (Å²) in [7, 11) is 4.95. The highest BCUT2D eigenvalue weighted by atomic mass is 35.5. The maximum atomic E-state index is 12.0. The summed E-state index contributed by atoms with van der Waals surface area (Å²) in [6.45, 7) is 2.54. The van der Waals surface area contributed by atoms with Crippen molar-refractivity contribution in [2.75, 3.05) is 27.8 Å². The van der Waals surface area contributed by atoms with Crippen LogP contribution in [-0.2, 0) is 0 Å². The summed E-state index contributed by atoms with van der Waals surface area (Å²) < 4.78 is 10.3. The molecule has 1 aromatic carbocycles. The van der Waals surface area contributed by atoms with Crippen molar-refractivity contribution in [3.63, 3.8) is 0 Å². The second-order valence-corrected chi connectivity index (χ2v) is 3.97. The lowest BCUT2D eigenvalue weighted by Crippen LogP contribution is -2.37. The van der Waals surface area contributed by atoms with Gasteiger partial charge in [0.2, 0.25) is 0 Å². The molecule has 0 saturated carbocycles. The van der Waals surface area contributed by atoms with Crippen LogP contribution in [0.5, 0.6) is 11.5 Å². The molecule has 0 aliphatic rings. The fourth-order valence-electron chi connectivity index (χ4n) is 1.43. The van der Waals surface area contributed by atoms with E-state index in [1.54, 1.807) is 25.3 Å². The van der Waals surface area contributed by atoms with E-state index in [1.807, 2.05) is 14.0 Å². The van der Waals surface area contributed by atoms with Crippen molar-refractivity contribution >= 4 is 18.3 Å². The molecule has 0 aliphatic heterocycles. The van der Waals surface area contributed by atoms with E-state index >= 15 is 0 Å². The molecule has 0 spiro atoms. The second-order valence-electron chi connectivity index (χ2n) is 3.97. The van der Waals surface area contributed by atoms with Crippen LogP contribution in [0.3, 0.4) is 0 Å². The number of hydrogen-bond donors (Lipinski definition) is 2. The van der Waals surface area contributed by atoms with E-state index in [0.29, 0.717) is 23.6 Å². The maximum Gasteiger partial charge on any atom is 0.255 e. The van der Waals surface area contributed by atoms with Crippen LogP contribution < -0.4 is 20.1 Å². The number of hydrogen-bond acceptors (Lipinski definition) is 4. The number of benzene rings is 1. The first-order valence-electron chi connectivity index (χ1n) is 5.79. The quantitative estimate of drug-likeness (QED) is 0.832. The van der Waals surface area contributed by atoms with E-state index in [1.165, 1.54) is 7.11 Å². The van der Waals surface area contributed by atoms with E-state index in [0.717, 1.165) is 0 Å². The molecule has 0 aromatic heterocycles. The molecule has 1 amide bonds. The lowest BCUT2D eigenvalue weighted by molar-refractivity contribution is 0.0947. The van der Waals surface area contributed by atoms with Gasteiger partial charge < -0.3 is 20.1 Å². The Morgan fingerprint density at radius 2 is 2.00 bits per heavy atom. The fourth-order valence-corrected chi connectivity index (χ4v) is 1.43. The number of carbonyl (C=O) groups is 1. The number of amides is 1. The molecule has 0 fully saturated rings. The first kappa shape index (κ1) is 17.5. The molecule has 19 heavy (non-hydrogen) atoms. The van der Waals surface area contributed by atoms with E-state index in [4.69, 9.17) is 9.47 Å². The Hall–Kier alpha value is -1.46. The van der Waals surface area contributed by atoms with Crippen molar-refractivity contribution in [2.45, 2.75) is 13.0 Å². The lowest BCUT2D eigenvalue weighted by atomic mass is 10.1.